The van der Waals surface area contributed by atoms with Gasteiger partial charge in [-0.25, -0.2) is 0 Å². The Labute approximate surface area is 103 Å². The van der Waals surface area contributed by atoms with Gasteiger partial charge in [0.05, 0.1) is 5.41 Å². The van der Waals surface area contributed by atoms with Crippen LogP contribution in [0.4, 0.5) is 0 Å². The third-order valence-corrected chi connectivity index (χ3v) is 3.51. The van der Waals surface area contributed by atoms with E-state index in [-0.39, 0.29) is 18.4 Å². The summed E-state index contributed by atoms with van der Waals surface area (Å²) in [4.78, 5) is 22.8. The highest BCUT2D eigenvalue weighted by atomic mass is 16.4. The van der Waals surface area contributed by atoms with E-state index in [1.807, 2.05) is 0 Å². The Balaban J connectivity index is 2.40. The van der Waals surface area contributed by atoms with Crippen LogP contribution in [0, 0.1) is 11.3 Å². The molecule has 4 nitrogen and oxygen atoms in total. The van der Waals surface area contributed by atoms with Crippen LogP contribution in [0.1, 0.15) is 52.4 Å². The Kier molecular flexibility index (Phi) is 4.97. The van der Waals surface area contributed by atoms with E-state index in [2.05, 4.69) is 5.32 Å². The highest BCUT2D eigenvalue weighted by Crippen LogP contribution is 2.23. The van der Waals surface area contributed by atoms with E-state index in [4.69, 9.17) is 5.11 Å². The monoisotopic (exact) mass is 241 g/mol. The number of aliphatic carboxylic acids is 1. The standard InChI is InChI=1S/C13H23NO3/c1-13(2,12(16)17)9-14-11(15)10-7-5-3-4-6-8-10/h10H,3-9H2,1-2H3,(H,14,15)(H,16,17). The third kappa shape index (κ3) is 4.36. The molecule has 0 heterocycles. The molecule has 0 atom stereocenters. The molecule has 1 aliphatic rings. The van der Waals surface area contributed by atoms with Crippen molar-refractivity contribution in [3.05, 3.63) is 0 Å². The predicted octanol–water partition coefficient (Wildman–Crippen LogP) is 2.18. The fourth-order valence-electron chi connectivity index (χ4n) is 2.07. The minimum Gasteiger partial charge on any atom is -0.481 e. The van der Waals surface area contributed by atoms with E-state index in [9.17, 15) is 9.59 Å². The second-order valence-corrected chi connectivity index (χ2v) is 5.60. The average molecular weight is 241 g/mol. The molecular weight excluding hydrogens is 218 g/mol. The van der Waals surface area contributed by atoms with Crippen molar-refractivity contribution >= 4 is 11.9 Å². The van der Waals surface area contributed by atoms with Crippen LogP contribution in [0.5, 0.6) is 0 Å². The van der Waals surface area contributed by atoms with Crippen LogP contribution in [0.2, 0.25) is 0 Å². The number of carbonyl (C=O) groups excluding carboxylic acids is 1. The first-order chi connectivity index (χ1) is 7.93. The summed E-state index contributed by atoms with van der Waals surface area (Å²) in [7, 11) is 0. The first-order valence-electron chi connectivity index (χ1n) is 6.44. The molecule has 0 aromatic carbocycles. The number of hydrogen-bond acceptors (Lipinski definition) is 2. The lowest BCUT2D eigenvalue weighted by molar-refractivity contribution is -0.146. The zero-order valence-electron chi connectivity index (χ0n) is 10.8. The first kappa shape index (κ1) is 14.0. The molecular formula is C13H23NO3. The van der Waals surface area contributed by atoms with Crippen LogP contribution in [0.3, 0.4) is 0 Å². The zero-order valence-corrected chi connectivity index (χ0v) is 10.8. The van der Waals surface area contributed by atoms with Gasteiger partial charge >= 0.3 is 5.97 Å². The lowest BCUT2D eigenvalue weighted by atomic mass is 9.93. The zero-order chi connectivity index (χ0) is 12.9. The lowest BCUT2D eigenvalue weighted by Crippen LogP contribution is -2.41. The van der Waals surface area contributed by atoms with Gasteiger partial charge in [0.2, 0.25) is 5.91 Å². The maximum absolute atomic E-state index is 11.9. The molecule has 0 aromatic rings. The van der Waals surface area contributed by atoms with E-state index < -0.39 is 11.4 Å². The van der Waals surface area contributed by atoms with Crippen LogP contribution < -0.4 is 5.32 Å². The van der Waals surface area contributed by atoms with E-state index in [0.717, 1.165) is 25.7 Å². The minimum absolute atomic E-state index is 0.0289. The number of carboxylic acids is 1. The number of hydrogen-bond donors (Lipinski definition) is 2. The van der Waals surface area contributed by atoms with Crippen molar-refractivity contribution in [2.24, 2.45) is 11.3 Å². The molecule has 1 fully saturated rings. The van der Waals surface area contributed by atoms with Gasteiger partial charge in [-0.1, -0.05) is 25.7 Å². The predicted molar refractivity (Wildman–Crippen MR) is 65.6 cm³/mol. The van der Waals surface area contributed by atoms with Gasteiger partial charge in [-0.05, 0) is 26.7 Å². The average Bonchev–Trinajstić information content (AvgIpc) is 2.54. The molecule has 1 rings (SSSR count). The Morgan fingerprint density at radius 3 is 2.18 bits per heavy atom. The summed E-state index contributed by atoms with van der Waals surface area (Å²) < 4.78 is 0. The quantitative estimate of drug-likeness (QED) is 0.741. The topological polar surface area (TPSA) is 66.4 Å². The van der Waals surface area contributed by atoms with E-state index in [1.54, 1.807) is 13.8 Å². The molecule has 0 aromatic heterocycles. The van der Waals surface area contributed by atoms with Gasteiger partial charge in [-0.2, -0.15) is 0 Å². The molecule has 1 aliphatic carbocycles. The SMILES string of the molecule is CC(C)(CNC(=O)C1CCCCCC1)C(=O)O. The molecule has 0 spiro atoms. The number of rotatable bonds is 4. The molecule has 4 heteroatoms. The van der Waals surface area contributed by atoms with Gasteiger partial charge in [-0.3, -0.25) is 9.59 Å². The molecule has 1 saturated carbocycles. The largest absolute Gasteiger partial charge is 0.481 e. The van der Waals surface area contributed by atoms with E-state index >= 15 is 0 Å². The summed E-state index contributed by atoms with van der Waals surface area (Å²) in [6, 6.07) is 0. The summed E-state index contributed by atoms with van der Waals surface area (Å²) in [6.07, 6.45) is 6.54. The van der Waals surface area contributed by atoms with Crippen LogP contribution in [0.25, 0.3) is 0 Å². The fraction of sp³-hybridized carbons (Fsp3) is 0.846. The summed E-state index contributed by atoms with van der Waals surface area (Å²) in [5.41, 5.74) is -0.889. The van der Waals surface area contributed by atoms with Gasteiger partial charge in [0.1, 0.15) is 0 Å². The Morgan fingerprint density at radius 1 is 1.18 bits per heavy atom. The van der Waals surface area contributed by atoms with E-state index in [1.165, 1.54) is 12.8 Å². The maximum Gasteiger partial charge on any atom is 0.310 e. The van der Waals surface area contributed by atoms with Crippen LogP contribution in [0.15, 0.2) is 0 Å². The van der Waals surface area contributed by atoms with Gasteiger partial charge in [0, 0.05) is 12.5 Å². The maximum atomic E-state index is 11.9. The van der Waals surface area contributed by atoms with Crippen molar-refractivity contribution in [3.8, 4) is 0 Å². The smallest absolute Gasteiger partial charge is 0.310 e. The van der Waals surface area contributed by atoms with Crippen molar-refractivity contribution in [1.29, 1.82) is 0 Å². The summed E-state index contributed by atoms with van der Waals surface area (Å²) in [6.45, 7) is 3.46. The molecule has 0 bridgehead atoms. The molecule has 17 heavy (non-hydrogen) atoms. The van der Waals surface area contributed by atoms with Gasteiger partial charge in [-0.15, -0.1) is 0 Å². The third-order valence-electron chi connectivity index (χ3n) is 3.51. The molecule has 0 unspecified atom stereocenters. The van der Waals surface area contributed by atoms with Crippen molar-refractivity contribution in [3.63, 3.8) is 0 Å². The van der Waals surface area contributed by atoms with Gasteiger partial charge in [0.25, 0.3) is 0 Å². The number of amides is 1. The van der Waals surface area contributed by atoms with Crippen molar-refractivity contribution in [1.82, 2.24) is 5.32 Å². The fourth-order valence-corrected chi connectivity index (χ4v) is 2.07. The van der Waals surface area contributed by atoms with Gasteiger partial charge < -0.3 is 10.4 Å². The van der Waals surface area contributed by atoms with Crippen molar-refractivity contribution < 1.29 is 14.7 Å². The minimum atomic E-state index is -0.889. The Bertz CT molecular complexity index is 278. The summed E-state index contributed by atoms with van der Waals surface area (Å²) >= 11 is 0. The lowest BCUT2D eigenvalue weighted by Gasteiger charge is -2.21. The summed E-state index contributed by atoms with van der Waals surface area (Å²) in [5.74, 6) is -0.762. The molecule has 1 amide bonds. The molecule has 98 valence electrons. The van der Waals surface area contributed by atoms with Gasteiger partial charge in [0.15, 0.2) is 0 Å². The number of carbonyl (C=O) groups is 2. The van der Waals surface area contributed by atoms with Crippen LogP contribution in [-0.4, -0.2) is 23.5 Å². The second-order valence-electron chi connectivity index (χ2n) is 5.60. The molecule has 0 aliphatic heterocycles. The highest BCUT2D eigenvalue weighted by Gasteiger charge is 2.29. The number of nitrogens with one attached hydrogen (secondary N) is 1. The Hall–Kier alpha value is -1.06. The van der Waals surface area contributed by atoms with Crippen molar-refractivity contribution in [2.75, 3.05) is 6.54 Å². The number of carboxylic acid groups (broad SMARTS) is 1. The van der Waals surface area contributed by atoms with Crippen LogP contribution >= 0.6 is 0 Å². The van der Waals surface area contributed by atoms with Crippen molar-refractivity contribution in [2.45, 2.75) is 52.4 Å². The van der Waals surface area contributed by atoms with E-state index in [0.29, 0.717) is 0 Å². The first-order valence-corrected chi connectivity index (χ1v) is 6.44. The molecule has 0 radical (unpaired) electrons. The van der Waals surface area contributed by atoms with Crippen LogP contribution in [-0.2, 0) is 9.59 Å². The molecule has 2 N–H and O–H groups in total. The highest BCUT2D eigenvalue weighted by molar-refractivity contribution is 5.80. The normalized spacial score (nSPS) is 18.5. The molecule has 0 saturated heterocycles. The Morgan fingerprint density at radius 2 is 1.71 bits per heavy atom. The second kappa shape index (κ2) is 6.03. The summed E-state index contributed by atoms with van der Waals surface area (Å²) in [5, 5.41) is 11.7.